The highest BCUT2D eigenvalue weighted by Crippen LogP contribution is 2.21. The molecule has 2 rings (SSSR count). The van der Waals surface area contributed by atoms with E-state index in [0.717, 1.165) is 0 Å². The Morgan fingerprint density at radius 3 is 2.11 bits per heavy atom. The zero-order chi connectivity index (χ0) is 13.8. The monoisotopic (exact) mass is 256 g/mol. The molecule has 0 fully saturated rings. The smallest absolute Gasteiger partial charge is 0.335 e. The van der Waals surface area contributed by atoms with Crippen molar-refractivity contribution in [2.45, 2.75) is 0 Å². The van der Waals surface area contributed by atoms with E-state index in [1.807, 2.05) is 0 Å². The molecule has 0 saturated heterocycles. The molecule has 1 N–H and O–H groups in total. The van der Waals surface area contributed by atoms with E-state index in [9.17, 15) is 9.59 Å². The Labute approximate surface area is 110 Å². The van der Waals surface area contributed by atoms with Crippen molar-refractivity contribution < 1.29 is 19.4 Å². The second-order valence-corrected chi connectivity index (χ2v) is 3.91. The van der Waals surface area contributed by atoms with Gasteiger partial charge in [0.2, 0.25) is 0 Å². The molecule has 0 unspecified atom stereocenters. The first-order valence-corrected chi connectivity index (χ1v) is 5.64. The Kier molecular flexibility index (Phi) is 3.61. The van der Waals surface area contributed by atoms with Crippen molar-refractivity contribution in [2.75, 3.05) is 7.11 Å². The predicted octanol–water partition coefficient (Wildman–Crippen LogP) is 2.62. The highest BCUT2D eigenvalue weighted by molar-refractivity contribution is 6.11. The lowest BCUT2D eigenvalue weighted by atomic mass is 10.0. The lowest BCUT2D eigenvalue weighted by Crippen LogP contribution is -2.04. The fraction of sp³-hybridized carbons (Fsp3) is 0.0667. The maximum Gasteiger partial charge on any atom is 0.335 e. The van der Waals surface area contributed by atoms with Crippen LogP contribution in [-0.4, -0.2) is 24.0 Å². The van der Waals surface area contributed by atoms with Gasteiger partial charge in [0.05, 0.1) is 18.2 Å². The molecular weight excluding hydrogens is 244 g/mol. The molecule has 2 aromatic carbocycles. The van der Waals surface area contributed by atoms with Crippen molar-refractivity contribution in [2.24, 2.45) is 0 Å². The van der Waals surface area contributed by atoms with Crippen LogP contribution in [0, 0.1) is 0 Å². The number of ether oxygens (including phenoxy) is 1. The molecule has 0 spiro atoms. The van der Waals surface area contributed by atoms with Crippen LogP contribution in [0.15, 0.2) is 48.5 Å². The Balaban J connectivity index is 2.36. The summed E-state index contributed by atoms with van der Waals surface area (Å²) in [6, 6.07) is 12.7. The van der Waals surface area contributed by atoms with Crippen LogP contribution in [0.4, 0.5) is 0 Å². The van der Waals surface area contributed by atoms with E-state index in [0.29, 0.717) is 16.9 Å². The van der Waals surface area contributed by atoms with Gasteiger partial charge in [-0.15, -0.1) is 0 Å². The molecule has 0 aliphatic rings. The summed E-state index contributed by atoms with van der Waals surface area (Å²) in [7, 11) is 1.50. The number of carboxylic acids is 1. The molecule has 0 aliphatic heterocycles. The summed E-state index contributed by atoms with van der Waals surface area (Å²) in [6.07, 6.45) is 0. The van der Waals surface area contributed by atoms with Crippen LogP contribution in [-0.2, 0) is 0 Å². The van der Waals surface area contributed by atoms with Crippen molar-refractivity contribution >= 4 is 11.8 Å². The van der Waals surface area contributed by atoms with Gasteiger partial charge in [-0.3, -0.25) is 4.79 Å². The van der Waals surface area contributed by atoms with Crippen LogP contribution >= 0.6 is 0 Å². The van der Waals surface area contributed by atoms with E-state index < -0.39 is 5.97 Å². The number of carboxylic acid groups (broad SMARTS) is 1. The highest BCUT2D eigenvalue weighted by atomic mass is 16.5. The number of ketones is 1. The third-order valence-electron chi connectivity index (χ3n) is 2.75. The first kappa shape index (κ1) is 12.8. The van der Waals surface area contributed by atoms with Gasteiger partial charge >= 0.3 is 5.97 Å². The van der Waals surface area contributed by atoms with E-state index >= 15 is 0 Å². The topological polar surface area (TPSA) is 63.6 Å². The van der Waals surface area contributed by atoms with Crippen molar-refractivity contribution in [1.82, 2.24) is 0 Å². The average Bonchev–Trinajstić information content (AvgIpc) is 2.46. The van der Waals surface area contributed by atoms with Gasteiger partial charge in [-0.25, -0.2) is 4.79 Å². The number of para-hydroxylation sites is 1. The van der Waals surface area contributed by atoms with Gasteiger partial charge in [0.25, 0.3) is 0 Å². The van der Waals surface area contributed by atoms with Gasteiger partial charge in [0, 0.05) is 5.56 Å². The van der Waals surface area contributed by atoms with Crippen LogP contribution in [0.1, 0.15) is 26.3 Å². The number of hydrogen-bond donors (Lipinski definition) is 1. The zero-order valence-electron chi connectivity index (χ0n) is 10.3. The zero-order valence-corrected chi connectivity index (χ0v) is 10.3. The van der Waals surface area contributed by atoms with Crippen molar-refractivity contribution in [3.63, 3.8) is 0 Å². The summed E-state index contributed by atoms with van der Waals surface area (Å²) in [4.78, 5) is 23.0. The van der Waals surface area contributed by atoms with E-state index in [2.05, 4.69) is 0 Å². The van der Waals surface area contributed by atoms with Crippen LogP contribution in [0.5, 0.6) is 5.75 Å². The molecule has 0 heterocycles. The van der Waals surface area contributed by atoms with Gasteiger partial charge in [-0.2, -0.15) is 0 Å². The Bertz CT molecular complexity index is 614. The van der Waals surface area contributed by atoms with Gasteiger partial charge in [-0.05, 0) is 24.3 Å². The number of methoxy groups -OCH3 is 1. The molecule has 19 heavy (non-hydrogen) atoms. The standard InChI is InChI=1S/C15H12O4/c1-19-13-5-3-2-4-12(13)14(16)10-6-8-11(9-7-10)15(17)18/h2-9H,1H3,(H,17,18). The van der Waals surface area contributed by atoms with Gasteiger partial charge in [0.15, 0.2) is 5.78 Å². The van der Waals surface area contributed by atoms with E-state index in [1.165, 1.54) is 31.4 Å². The fourth-order valence-corrected chi connectivity index (χ4v) is 1.75. The van der Waals surface area contributed by atoms with Crippen molar-refractivity contribution in [1.29, 1.82) is 0 Å². The molecule has 96 valence electrons. The maximum absolute atomic E-state index is 12.3. The second-order valence-electron chi connectivity index (χ2n) is 3.91. The summed E-state index contributed by atoms with van der Waals surface area (Å²) in [6.45, 7) is 0. The quantitative estimate of drug-likeness (QED) is 0.854. The molecule has 0 aromatic heterocycles. The molecule has 0 saturated carbocycles. The number of hydrogen-bond acceptors (Lipinski definition) is 3. The number of benzene rings is 2. The molecule has 0 radical (unpaired) electrons. The number of carbonyl (C=O) groups is 2. The number of carbonyl (C=O) groups excluding carboxylic acids is 1. The van der Waals surface area contributed by atoms with Gasteiger partial charge in [0.1, 0.15) is 5.75 Å². The molecule has 0 atom stereocenters. The minimum Gasteiger partial charge on any atom is -0.496 e. The molecule has 4 heteroatoms. The minimum atomic E-state index is -1.02. The predicted molar refractivity (Wildman–Crippen MR) is 69.8 cm³/mol. The largest absolute Gasteiger partial charge is 0.496 e. The van der Waals surface area contributed by atoms with Crippen LogP contribution < -0.4 is 4.74 Å². The summed E-state index contributed by atoms with van der Waals surface area (Å²) in [5.41, 5.74) is 1.03. The Hall–Kier alpha value is -2.62. The Morgan fingerprint density at radius 2 is 1.53 bits per heavy atom. The molecule has 4 nitrogen and oxygen atoms in total. The Morgan fingerprint density at radius 1 is 0.947 bits per heavy atom. The summed E-state index contributed by atoms with van der Waals surface area (Å²) < 4.78 is 5.13. The van der Waals surface area contributed by atoms with E-state index in [4.69, 9.17) is 9.84 Å². The summed E-state index contributed by atoms with van der Waals surface area (Å²) >= 11 is 0. The lowest BCUT2D eigenvalue weighted by Gasteiger charge is -2.07. The van der Waals surface area contributed by atoms with Crippen LogP contribution in [0.2, 0.25) is 0 Å². The SMILES string of the molecule is COc1ccccc1C(=O)c1ccc(C(=O)O)cc1. The minimum absolute atomic E-state index is 0.150. The number of rotatable bonds is 4. The third kappa shape index (κ3) is 2.63. The summed E-state index contributed by atoms with van der Waals surface area (Å²) in [5.74, 6) is -0.722. The maximum atomic E-state index is 12.3. The first-order chi connectivity index (χ1) is 9.13. The number of aromatic carboxylic acids is 1. The molecular formula is C15H12O4. The first-order valence-electron chi connectivity index (χ1n) is 5.64. The van der Waals surface area contributed by atoms with Gasteiger partial charge < -0.3 is 9.84 Å². The summed E-state index contributed by atoms with van der Waals surface area (Å²) in [5, 5.41) is 8.81. The van der Waals surface area contributed by atoms with E-state index in [1.54, 1.807) is 24.3 Å². The average molecular weight is 256 g/mol. The van der Waals surface area contributed by atoms with E-state index in [-0.39, 0.29) is 11.3 Å². The molecule has 0 amide bonds. The lowest BCUT2D eigenvalue weighted by molar-refractivity contribution is 0.0696. The fourth-order valence-electron chi connectivity index (χ4n) is 1.75. The van der Waals surface area contributed by atoms with Crippen LogP contribution in [0.25, 0.3) is 0 Å². The molecule has 2 aromatic rings. The second kappa shape index (κ2) is 5.35. The molecule has 0 aliphatic carbocycles. The molecule has 0 bridgehead atoms. The van der Waals surface area contributed by atoms with Crippen LogP contribution in [0.3, 0.4) is 0 Å². The van der Waals surface area contributed by atoms with Gasteiger partial charge in [-0.1, -0.05) is 24.3 Å². The third-order valence-corrected chi connectivity index (χ3v) is 2.75. The van der Waals surface area contributed by atoms with Crippen molar-refractivity contribution in [3.8, 4) is 5.75 Å². The highest BCUT2D eigenvalue weighted by Gasteiger charge is 2.14. The normalized spacial score (nSPS) is 9.95. The van der Waals surface area contributed by atoms with Crippen molar-refractivity contribution in [3.05, 3.63) is 65.2 Å².